The molecule has 0 aromatic rings. The van der Waals surface area contributed by atoms with Gasteiger partial charge in [0.15, 0.2) is 0 Å². The van der Waals surface area contributed by atoms with Crippen LogP contribution in [0.15, 0.2) is 0 Å². The summed E-state index contributed by atoms with van der Waals surface area (Å²) in [5.41, 5.74) is 0. The monoisotopic (exact) mass is 208 g/mol. The zero-order chi connectivity index (χ0) is 11.3. The number of nitriles is 1. The number of hydrogen-bond acceptors (Lipinski definition) is 3. The van der Waals surface area contributed by atoms with Gasteiger partial charge in [-0.15, -0.1) is 0 Å². The molecule has 1 saturated carbocycles. The van der Waals surface area contributed by atoms with E-state index in [9.17, 15) is 4.79 Å². The SMILES string of the molecule is CCN(CC(C)C#N)C1CCCCC1=O. The minimum absolute atomic E-state index is 0.0136. The minimum atomic E-state index is 0.0136. The van der Waals surface area contributed by atoms with Crippen molar-refractivity contribution in [2.24, 2.45) is 5.92 Å². The van der Waals surface area contributed by atoms with Crippen molar-refractivity contribution < 1.29 is 4.79 Å². The lowest BCUT2D eigenvalue weighted by Gasteiger charge is -2.32. The highest BCUT2D eigenvalue weighted by atomic mass is 16.1. The Morgan fingerprint density at radius 1 is 1.60 bits per heavy atom. The molecule has 84 valence electrons. The summed E-state index contributed by atoms with van der Waals surface area (Å²) in [6.45, 7) is 5.56. The number of rotatable bonds is 4. The average molecular weight is 208 g/mol. The maximum Gasteiger partial charge on any atom is 0.149 e. The van der Waals surface area contributed by atoms with Crippen LogP contribution in [-0.4, -0.2) is 29.8 Å². The molecule has 0 radical (unpaired) electrons. The van der Waals surface area contributed by atoms with Crippen molar-refractivity contribution in [1.29, 1.82) is 5.26 Å². The fourth-order valence-electron chi connectivity index (χ4n) is 2.22. The second-order valence-corrected chi connectivity index (χ2v) is 4.35. The van der Waals surface area contributed by atoms with Gasteiger partial charge in [-0.3, -0.25) is 9.69 Å². The van der Waals surface area contributed by atoms with Crippen molar-refractivity contribution in [1.82, 2.24) is 4.90 Å². The molecule has 15 heavy (non-hydrogen) atoms. The standard InChI is InChI=1S/C12H20N2O/c1-3-14(9-10(2)8-13)11-6-4-5-7-12(11)15/h10-11H,3-7,9H2,1-2H3. The molecular formula is C12H20N2O. The molecule has 1 rings (SSSR count). The van der Waals surface area contributed by atoms with E-state index >= 15 is 0 Å². The number of likely N-dealkylation sites (N-methyl/N-ethyl adjacent to an activating group) is 1. The van der Waals surface area contributed by atoms with Crippen molar-refractivity contribution in [3.63, 3.8) is 0 Å². The molecule has 0 N–H and O–H groups in total. The highest BCUT2D eigenvalue weighted by Crippen LogP contribution is 2.20. The maximum atomic E-state index is 11.7. The molecule has 1 aliphatic carbocycles. The predicted molar refractivity (Wildman–Crippen MR) is 59.3 cm³/mol. The van der Waals surface area contributed by atoms with Crippen LogP contribution in [0.4, 0.5) is 0 Å². The van der Waals surface area contributed by atoms with Crippen molar-refractivity contribution in [3.05, 3.63) is 0 Å². The normalized spacial score (nSPS) is 23.9. The Bertz CT molecular complexity index is 257. The van der Waals surface area contributed by atoms with E-state index in [-0.39, 0.29) is 12.0 Å². The minimum Gasteiger partial charge on any atom is -0.298 e. The van der Waals surface area contributed by atoms with Crippen LogP contribution < -0.4 is 0 Å². The van der Waals surface area contributed by atoms with Crippen LogP contribution in [0.1, 0.15) is 39.5 Å². The Morgan fingerprint density at radius 2 is 2.33 bits per heavy atom. The summed E-state index contributed by atoms with van der Waals surface area (Å²) in [5.74, 6) is 0.382. The van der Waals surface area contributed by atoms with E-state index in [1.54, 1.807) is 0 Å². The molecule has 0 amide bonds. The zero-order valence-corrected chi connectivity index (χ0v) is 9.70. The number of carbonyl (C=O) groups excluding carboxylic acids is 1. The second kappa shape index (κ2) is 5.87. The molecule has 2 unspecified atom stereocenters. The van der Waals surface area contributed by atoms with Crippen LogP contribution in [0.3, 0.4) is 0 Å². The summed E-state index contributed by atoms with van der Waals surface area (Å²) in [6, 6.07) is 2.31. The first-order chi connectivity index (χ1) is 7.19. The third kappa shape index (κ3) is 3.32. The van der Waals surface area contributed by atoms with Gasteiger partial charge in [-0.05, 0) is 26.3 Å². The predicted octanol–water partition coefficient (Wildman–Crippen LogP) is 1.98. The first-order valence-electron chi connectivity index (χ1n) is 5.85. The van der Waals surface area contributed by atoms with E-state index in [4.69, 9.17) is 5.26 Å². The molecule has 2 atom stereocenters. The summed E-state index contributed by atoms with van der Waals surface area (Å²) in [5, 5.41) is 8.78. The van der Waals surface area contributed by atoms with Crippen molar-refractivity contribution >= 4 is 5.78 Å². The van der Waals surface area contributed by atoms with Gasteiger partial charge in [-0.2, -0.15) is 5.26 Å². The summed E-state index contributed by atoms with van der Waals surface area (Å²) in [4.78, 5) is 13.9. The molecule has 3 nitrogen and oxygen atoms in total. The molecule has 1 fully saturated rings. The van der Waals surface area contributed by atoms with Gasteiger partial charge in [0, 0.05) is 13.0 Å². The Labute approximate surface area is 92.1 Å². The topological polar surface area (TPSA) is 44.1 Å². The number of hydrogen-bond donors (Lipinski definition) is 0. The Kier molecular flexibility index (Phi) is 4.77. The molecule has 0 aromatic heterocycles. The van der Waals surface area contributed by atoms with Gasteiger partial charge in [0.2, 0.25) is 0 Å². The highest BCUT2D eigenvalue weighted by molar-refractivity contribution is 5.84. The van der Waals surface area contributed by atoms with Gasteiger partial charge in [-0.1, -0.05) is 13.3 Å². The smallest absolute Gasteiger partial charge is 0.149 e. The molecule has 0 heterocycles. The molecule has 0 bridgehead atoms. The van der Waals surface area contributed by atoms with E-state index in [0.29, 0.717) is 5.78 Å². The van der Waals surface area contributed by atoms with Gasteiger partial charge >= 0.3 is 0 Å². The van der Waals surface area contributed by atoms with Crippen molar-refractivity contribution in [2.45, 2.75) is 45.6 Å². The third-order valence-electron chi connectivity index (χ3n) is 3.10. The summed E-state index contributed by atoms with van der Waals surface area (Å²) in [7, 11) is 0. The van der Waals surface area contributed by atoms with Crippen LogP contribution in [-0.2, 0) is 4.79 Å². The van der Waals surface area contributed by atoms with E-state index in [1.807, 2.05) is 6.92 Å². The quantitative estimate of drug-likeness (QED) is 0.709. The van der Waals surface area contributed by atoms with Crippen LogP contribution in [0.5, 0.6) is 0 Å². The summed E-state index contributed by atoms with van der Waals surface area (Å²) >= 11 is 0. The first kappa shape index (κ1) is 12.2. The third-order valence-corrected chi connectivity index (χ3v) is 3.10. The van der Waals surface area contributed by atoms with Crippen LogP contribution in [0.25, 0.3) is 0 Å². The van der Waals surface area contributed by atoms with Crippen molar-refractivity contribution in [3.8, 4) is 6.07 Å². The van der Waals surface area contributed by atoms with E-state index in [1.165, 1.54) is 0 Å². The van der Waals surface area contributed by atoms with E-state index in [2.05, 4.69) is 17.9 Å². The lowest BCUT2D eigenvalue weighted by Crippen LogP contribution is -2.44. The fourth-order valence-corrected chi connectivity index (χ4v) is 2.22. The second-order valence-electron chi connectivity index (χ2n) is 4.35. The molecule has 0 saturated heterocycles. The fraction of sp³-hybridized carbons (Fsp3) is 0.833. The lowest BCUT2D eigenvalue weighted by molar-refractivity contribution is -0.126. The molecule has 0 spiro atoms. The summed E-state index contributed by atoms with van der Waals surface area (Å²) < 4.78 is 0. The van der Waals surface area contributed by atoms with Gasteiger partial charge in [0.05, 0.1) is 18.0 Å². The lowest BCUT2D eigenvalue weighted by atomic mass is 9.92. The van der Waals surface area contributed by atoms with Gasteiger partial charge < -0.3 is 0 Å². The molecular weight excluding hydrogens is 188 g/mol. The van der Waals surface area contributed by atoms with Crippen molar-refractivity contribution in [2.75, 3.05) is 13.1 Å². The summed E-state index contributed by atoms with van der Waals surface area (Å²) in [6.07, 6.45) is 3.89. The Morgan fingerprint density at radius 3 is 2.87 bits per heavy atom. The molecule has 1 aliphatic rings. The Hall–Kier alpha value is -0.880. The largest absolute Gasteiger partial charge is 0.298 e. The maximum absolute atomic E-state index is 11.7. The molecule has 0 aliphatic heterocycles. The number of ketones is 1. The number of nitrogens with zero attached hydrogens (tertiary/aromatic N) is 2. The zero-order valence-electron chi connectivity index (χ0n) is 9.70. The van der Waals surface area contributed by atoms with Crippen LogP contribution >= 0.6 is 0 Å². The number of Topliss-reactive ketones (excluding diaryl/α,β-unsaturated/α-hetero) is 1. The van der Waals surface area contributed by atoms with Gasteiger partial charge in [0.1, 0.15) is 5.78 Å². The van der Waals surface area contributed by atoms with E-state index in [0.717, 1.165) is 38.8 Å². The average Bonchev–Trinajstić information content (AvgIpc) is 2.26. The number of carbonyl (C=O) groups is 1. The first-order valence-corrected chi connectivity index (χ1v) is 5.85. The molecule has 0 aromatic carbocycles. The molecule has 3 heteroatoms. The van der Waals surface area contributed by atoms with Crippen LogP contribution in [0.2, 0.25) is 0 Å². The highest BCUT2D eigenvalue weighted by Gasteiger charge is 2.27. The van der Waals surface area contributed by atoms with Gasteiger partial charge in [-0.25, -0.2) is 0 Å². The van der Waals surface area contributed by atoms with Crippen LogP contribution in [0, 0.1) is 17.2 Å². The van der Waals surface area contributed by atoms with E-state index < -0.39 is 0 Å². The van der Waals surface area contributed by atoms with Gasteiger partial charge in [0.25, 0.3) is 0 Å². The Balaban J connectivity index is 2.56.